The van der Waals surface area contributed by atoms with E-state index < -0.39 is 28.2 Å². The average molecular weight is 409 g/mol. The van der Waals surface area contributed by atoms with Gasteiger partial charge in [0.15, 0.2) is 0 Å². The molecule has 0 spiro atoms. The zero-order chi connectivity index (χ0) is 22.0. The van der Waals surface area contributed by atoms with Gasteiger partial charge in [-0.05, 0) is 49.2 Å². The fourth-order valence-electron chi connectivity index (χ4n) is 3.06. The van der Waals surface area contributed by atoms with Crippen LogP contribution in [0.3, 0.4) is 0 Å². The number of halogens is 2. The van der Waals surface area contributed by atoms with Crippen molar-refractivity contribution in [2.45, 2.75) is 13.8 Å². The van der Waals surface area contributed by atoms with Crippen molar-refractivity contribution in [3.05, 3.63) is 99.2 Å². The molecule has 8 heteroatoms. The standard InChI is InChI=1S/C22H17F2N3O3/c1-12-5-4-6-18(24)21(12)19-10-17(13(2)11-25-19)14(3)26-22(28)16-8-7-15(23)9-20(16)27(29)30/h4-11H,3H2,1-2H3,(H,26,28). The first-order valence-corrected chi connectivity index (χ1v) is 8.85. The van der Waals surface area contributed by atoms with E-state index in [0.29, 0.717) is 34.0 Å². The summed E-state index contributed by atoms with van der Waals surface area (Å²) in [7, 11) is 0. The van der Waals surface area contributed by atoms with Crippen molar-refractivity contribution < 1.29 is 18.5 Å². The predicted octanol–water partition coefficient (Wildman–Crippen LogP) is 4.95. The van der Waals surface area contributed by atoms with Gasteiger partial charge in [-0.25, -0.2) is 8.78 Å². The van der Waals surface area contributed by atoms with E-state index in [4.69, 9.17) is 0 Å². The van der Waals surface area contributed by atoms with E-state index in [2.05, 4.69) is 16.9 Å². The number of nitrogens with zero attached hydrogens (tertiary/aromatic N) is 2. The number of hydrogen-bond donors (Lipinski definition) is 1. The van der Waals surface area contributed by atoms with Crippen molar-refractivity contribution in [3.8, 4) is 11.3 Å². The van der Waals surface area contributed by atoms with Crippen molar-refractivity contribution in [1.82, 2.24) is 10.3 Å². The third-order valence-electron chi connectivity index (χ3n) is 4.57. The second kappa shape index (κ2) is 8.20. The van der Waals surface area contributed by atoms with E-state index >= 15 is 0 Å². The number of nitrogens with one attached hydrogen (secondary N) is 1. The molecule has 1 heterocycles. The number of benzene rings is 2. The van der Waals surface area contributed by atoms with Crippen LogP contribution in [0.2, 0.25) is 0 Å². The number of rotatable bonds is 5. The zero-order valence-electron chi connectivity index (χ0n) is 16.2. The van der Waals surface area contributed by atoms with Crippen LogP contribution < -0.4 is 5.32 Å². The number of hydrogen-bond acceptors (Lipinski definition) is 4. The Balaban J connectivity index is 1.95. The maximum atomic E-state index is 14.3. The summed E-state index contributed by atoms with van der Waals surface area (Å²) in [6, 6.07) is 8.93. The SMILES string of the molecule is C=C(NC(=O)c1ccc(F)cc1[N+](=O)[O-])c1cc(-c2c(C)cccc2F)ncc1C. The van der Waals surface area contributed by atoms with Crippen molar-refractivity contribution in [2.24, 2.45) is 0 Å². The van der Waals surface area contributed by atoms with Gasteiger partial charge < -0.3 is 5.32 Å². The van der Waals surface area contributed by atoms with Gasteiger partial charge in [-0.3, -0.25) is 19.9 Å². The number of nitro groups is 1. The summed E-state index contributed by atoms with van der Waals surface area (Å²) < 4.78 is 27.7. The number of aromatic nitrogens is 1. The predicted molar refractivity (Wildman–Crippen MR) is 109 cm³/mol. The molecule has 3 aromatic rings. The van der Waals surface area contributed by atoms with Crippen LogP contribution in [-0.4, -0.2) is 15.8 Å². The van der Waals surface area contributed by atoms with Gasteiger partial charge in [-0.1, -0.05) is 18.7 Å². The Morgan fingerprint density at radius 2 is 1.83 bits per heavy atom. The van der Waals surface area contributed by atoms with Gasteiger partial charge in [0, 0.05) is 23.0 Å². The normalized spacial score (nSPS) is 10.5. The van der Waals surface area contributed by atoms with Gasteiger partial charge in [0.25, 0.3) is 11.6 Å². The first-order chi connectivity index (χ1) is 14.2. The number of amides is 1. The minimum atomic E-state index is -0.836. The van der Waals surface area contributed by atoms with E-state index in [0.717, 1.165) is 12.1 Å². The lowest BCUT2D eigenvalue weighted by molar-refractivity contribution is -0.385. The number of nitro benzene ring substituents is 1. The Hall–Kier alpha value is -3.94. The average Bonchev–Trinajstić information content (AvgIpc) is 2.68. The fourth-order valence-corrected chi connectivity index (χ4v) is 3.06. The molecule has 6 nitrogen and oxygen atoms in total. The molecule has 0 fully saturated rings. The Labute approximate surface area is 171 Å². The van der Waals surface area contributed by atoms with Crippen molar-refractivity contribution in [2.75, 3.05) is 0 Å². The van der Waals surface area contributed by atoms with Crippen LogP contribution in [0.5, 0.6) is 0 Å². The first-order valence-electron chi connectivity index (χ1n) is 8.85. The highest BCUT2D eigenvalue weighted by atomic mass is 19.1. The molecule has 0 aliphatic heterocycles. The van der Waals surface area contributed by atoms with Gasteiger partial charge >= 0.3 is 0 Å². The second-order valence-electron chi connectivity index (χ2n) is 6.67. The van der Waals surface area contributed by atoms with Gasteiger partial charge in [0.05, 0.1) is 16.7 Å². The number of aryl methyl sites for hydroxylation is 2. The molecule has 3 rings (SSSR count). The molecule has 0 unspecified atom stereocenters. The molecular weight excluding hydrogens is 392 g/mol. The highest BCUT2D eigenvalue weighted by Gasteiger charge is 2.22. The first kappa shape index (κ1) is 20.8. The third-order valence-corrected chi connectivity index (χ3v) is 4.57. The molecule has 1 N–H and O–H groups in total. The molecule has 0 saturated heterocycles. The van der Waals surface area contributed by atoms with Crippen molar-refractivity contribution in [1.29, 1.82) is 0 Å². The molecule has 0 aliphatic carbocycles. The summed E-state index contributed by atoms with van der Waals surface area (Å²) in [5, 5.41) is 13.6. The summed E-state index contributed by atoms with van der Waals surface area (Å²) >= 11 is 0. The van der Waals surface area contributed by atoms with Gasteiger partial charge in [-0.2, -0.15) is 0 Å². The number of carbonyl (C=O) groups is 1. The minimum Gasteiger partial charge on any atom is -0.322 e. The van der Waals surface area contributed by atoms with Crippen LogP contribution in [0.4, 0.5) is 14.5 Å². The second-order valence-corrected chi connectivity index (χ2v) is 6.67. The van der Waals surface area contributed by atoms with Gasteiger partial charge in [0.2, 0.25) is 0 Å². The topological polar surface area (TPSA) is 85.1 Å². The van der Waals surface area contributed by atoms with E-state index in [1.807, 2.05) is 0 Å². The maximum Gasteiger partial charge on any atom is 0.285 e. The number of carbonyl (C=O) groups excluding carboxylic acids is 1. The van der Waals surface area contributed by atoms with Crippen LogP contribution in [0, 0.1) is 35.6 Å². The van der Waals surface area contributed by atoms with E-state index in [1.165, 1.54) is 12.3 Å². The summed E-state index contributed by atoms with van der Waals surface area (Å²) in [5.41, 5.74) is 1.70. The summed E-state index contributed by atoms with van der Waals surface area (Å²) in [4.78, 5) is 27.1. The molecular formula is C22H17F2N3O3. The van der Waals surface area contributed by atoms with Gasteiger partial charge in [-0.15, -0.1) is 0 Å². The molecule has 1 aromatic heterocycles. The number of pyridine rings is 1. The van der Waals surface area contributed by atoms with Gasteiger partial charge in [0.1, 0.15) is 17.2 Å². The summed E-state index contributed by atoms with van der Waals surface area (Å²) in [6.07, 6.45) is 1.52. The zero-order valence-corrected chi connectivity index (χ0v) is 16.2. The molecule has 0 aliphatic rings. The molecule has 0 atom stereocenters. The quantitative estimate of drug-likeness (QED) is 0.477. The summed E-state index contributed by atoms with van der Waals surface area (Å²) in [6.45, 7) is 7.31. The van der Waals surface area contributed by atoms with Crippen LogP contribution in [0.1, 0.15) is 27.0 Å². The van der Waals surface area contributed by atoms with Crippen LogP contribution >= 0.6 is 0 Å². The minimum absolute atomic E-state index is 0.147. The lowest BCUT2D eigenvalue weighted by Gasteiger charge is -2.14. The largest absolute Gasteiger partial charge is 0.322 e. The van der Waals surface area contributed by atoms with Crippen LogP contribution in [-0.2, 0) is 0 Å². The molecule has 152 valence electrons. The summed E-state index contributed by atoms with van der Waals surface area (Å²) in [5.74, 6) is -2.08. The molecule has 0 saturated carbocycles. The smallest absolute Gasteiger partial charge is 0.285 e. The van der Waals surface area contributed by atoms with Crippen LogP contribution in [0.15, 0.2) is 55.2 Å². The molecule has 0 bridgehead atoms. The third kappa shape index (κ3) is 4.07. The monoisotopic (exact) mass is 409 g/mol. The highest BCUT2D eigenvalue weighted by molar-refractivity contribution is 6.02. The Bertz CT molecular complexity index is 1170. The Kier molecular flexibility index (Phi) is 5.68. The van der Waals surface area contributed by atoms with Crippen molar-refractivity contribution >= 4 is 17.3 Å². The molecule has 0 radical (unpaired) electrons. The Morgan fingerprint density at radius 3 is 2.50 bits per heavy atom. The Morgan fingerprint density at radius 1 is 1.10 bits per heavy atom. The van der Waals surface area contributed by atoms with Crippen LogP contribution in [0.25, 0.3) is 17.0 Å². The maximum absolute atomic E-state index is 14.3. The highest BCUT2D eigenvalue weighted by Crippen LogP contribution is 2.28. The van der Waals surface area contributed by atoms with Crippen molar-refractivity contribution in [3.63, 3.8) is 0 Å². The molecule has 30 heavy (non-hydrogen) atoms. The fraction of sp³-hybridized carbons (Fsp3) is 0.0909. The van der Waals surface area contributed by atoms with E-state index in [9.17, 15) is 23.7 Å². The lowest BCUT2D eigenvalue weighted by Crippen LogP contribution is -2.23. The molecule has 2 aromatic carbocycles. The van der Waals surface area contributed by atoms with E-state index in [-0.39, 0.29) is 11.3 Å². The molecule has 1 amide bonds. The lowest BCUT2D eigenvalue weighted by atomic mass is 10.0. The van der Waals surface area contributed by atoms with E-state index in [1.54, 1.807) is 32.0 Å².